The lowest BCUT2D eigenvalue weighted by molar-refractivity contribution is 0.0942. The zero-order valence-corrected chi connectivity index (χ0v) is 13.9. The van der Waals surface area contributed by atoms with E-state index < -0.39 is 0 Å². The predicted molar refractivity (Wildman–Crippen MR) is 86.3 cm³/mol. The molecule has 0 atom stereocenters. The highest BCUT2D eigenvalue weighted by atomic mass is 16.2. The average molecular weight is 316 g/mol. The molecule has 7 heteroatoms. The highest BCUT2D eigenvalue weighted by Gasteiger charge is 2.16. The van der Waals surface area contributed by atoms with Gasteiger partial charge >= 0.3 is 0 Å². The second kappa shape index (κ2) is 6.93. The van der Waals surface area contributed by atoms with E-state index in [9.17, 15) is 4.79 Å². The number of amides is 1. The summed E-state index contributed by atoms with van der Waals surface area (Å²) in [6.45, 7) is 6.24. The highest BCUT2D eigenvalue weighted by Crippen LogP contribution is 2.15. The van der Waals surface area contributed by atoms with Gasteiger partial charge in [0.1, 0.15) is 17.3 Å². The monoisotopic (exact) mass is 316 g/mol. The Kier molecular flexibility index (Phi) is 4.73. The van der Waals surface area contributed by atoms with Crippen LogP contribution in [0.2, 0.25) is 0 Å². The first kappa shape index (κ1) is 15.7. The maximum Gasteiger partial charge on any atom is 0.269 e. The Bertz CT molecular complexity index is 687. The molecular formula is C16H24N6O. The molecule has 0 bridgehead atoms. The maximum absolute atomic E-state index is 12.2. The number of aryl methyl sites for hydroxylation is 4. The normalized spacial score (nSPS) is 13.8. The van der Waals surface area contributed by atoms with Crippen LogP contribution in [-0.2, 0) is 25.9 Å². The first-order chi connectivity index (χ1) is 11.2. The topological polar surface area (TPSA) is 77.6 Å². The molecule has 2 aromatic rings. The maximum atomic E-state index is 12.2. The molecular weight excluding hydrogens is 292 g/mol. The summed E-state index contributed by atoms with van der Waals surface area (Å²) in [5.74, 6) is 2.09. The summed E-state index contributed by atoms with van der Waals surface area (Å²) in [6, 6.07) is 1.83. The van der Waals surface area contributed by atoms with Crippen molar-refractivity contribution < 1.29 is 4.79 Å². The van der Waals surface area contributed by atoms with Crippen molar-refractivity contribution in [1.82, 2.24) is 29.9 Å². The summed E-state index contributed by atoms with van der Waals surface area (Å²) in [4.78, 5) is 12.2. The van der Waals surface area contributed by atoms with Crippen LogP contribution >= 0.6 is 0 Å². The number of hydrogen-bond acceptors (Lipinski definition) is 4. The van der Waals surface area contributed by atoms with E-state index in [-0.39, 0.29) is 5.91 Å². The van der Waals surface area contributed by atoms with E-state index in [1.54, 1.807) is 4.68 Å². The number of fused-ring (bicyclic) bond motifs is 1. The van der Waals surface area contributed by atoms with Gasteiger partial charge in [0, 0.05) is 32.5 Å². The van der Waals surface area contributed by atoms with Crippen LogP contribution in [-0.4, -0.2) is 37.0 Å². The molecule has 0 unspecified atom stereocenters. The zero-order chi connectivity index (χ0) is 16.2. The number of rotatable bonds is 6. The SMILES string of the molecule is CCn1nc(C)cc1C(=O)NCCCc1nnc2n1CCCC2. The Balaban J connectivity index is 1.50. The Morgan fingerprint density at radius 1 is 1.35 bits per heavy atom. The molecule has 124 valence electrons. The number of aromatic nitrogens is 5. The third-order valence-corrected chi connectivity index (χ3v) is 4.23. The minimum Gasteiger partial charge on any atom is -0.351 e. The van der Waals surface area contributed by atoms with E-state index in [0.29, 0.717) is 18.8 Å². The summed E-state index contributed by atoms with van der Waals surface area (Å²) in [6.07, 6.45) is 5.15. The van der Waals surface area contributed by atoms with E-state index in [4.69, 9.17) is 0 Å². The molecule has 0 saturated heterocycles. The summed E-state index contributed by atoms with van der Waals surface area (Å²) >= 11 is 0. The molecule has 2 aromatic heterocycles. The number of hydrogen-bond donors (Lipinski definition) is 1. The molecule has 3 heterocycles. The van der Waals surface area contributed by atoms with Gasteiger partial charge in [0.25, 0.3) is 5.91 Å². The van der Waals surface area contributed by atoms with Gasteiger partial charge in [-0.3, -0.25) is 9.48 Å². The minimum atomic E-state index is -0.0595. The molecule has 3 rings (SSSR count). The van der Waals surface area contributed by atoms with Crippen LogP contribution in [0, 0.1) is 6.92 Å². The molecule has 0 spiro atoms. The van der Waals surface area contributed by atoms with Crippen LogP contribution < -0.4 is 5.32 Å². The Morgan fingerprint density at radius 3 is 3.04 bits per heavy atom. The average Bonchev–Trinajstić information content (AvgIpc) is 3.15. The highest BCUT2D eigenvalue weighted by molar-refractivity contribution is 5.92. The number of nitrogens with one attached hydrogen (secondary N) is 1. The fourth-order valence-electron chi connectivity index (χ4n) is 3.06. The lowest BCUT2D eigenvalue weighted by atomic mass is 10.1. The van der Waals surface area contributed by atoms with Crippen LogP contribution in [0.1, 0.15) is 54.0 Å². The van der Waals surface area contributed by atoms with Crippen molar-refractivity contribution in [2.24, 2.45) is 0 Å². The third-order valence-electron chi connectivity index (χ3n) is 4.23. The minimum absolute atomic E-state index is 0.0595. The lowest BCUT2D eigenvalue weighted by Gasteiger charge is -2.14. The Labute approximate surface area is 136 Å². The van der Waals surface area contributed by atoms with Gasteiger partial charge in [-0.05, 0) is 39.2 Å². The van der Waals surface area contributed by atoms with Gasteiger partial charge in [-0.1, -0.05) is 0 Å². The van der Waals surface area contributed by atoms with Crippen LogP contribution in [0.4, 0.5) is 0 Å². The van der Waals surface area contributed by atoms with Crippen molar-refractivity contribution in [3.63, 3.8) is 0 Å². The van der Waals surface area contributed by atoms with Crippen LogP contribution in [0.3, 0.4) is 0 Å². The van der Waals surface area contributed by atoms with Gasteiger partial charge in [0.05, 0.1) is 5.69 Å². The van der Waals surface area contributed by atoms with E-state index in [0.717, 1.165) is 43.1 Å². The third kappa shape index (κ3) is 3.43. The van der Waals surface area contributed by atoms with Gasteiger partial charge in [-0.25, -0.2) is 0 Å². The van der Waals surface area contributed by atoms with Gasteiger partial charge in [-0.15, -0.1) is 10.2 Å². The standard InChI is InChI=1S/C16H24N6O/c1-3-22-13(11-12(2)20-22)16(23)17-9-6-8-15-19-18-14-7-4-5-10-21(14)15/h11H,3-10H2,1-2H3,(H,17,23). The van der Waals surface area contributed by atoms with Crippen LogP contribution in [0.5, 0.6) is 0 Å². The Morgan fingerprint density at radius 2 is 2.22 bits per heavy atom. The molecule has 1 aliphatic rings. The first-order valence-corrected chi connectivity index (χ1v) is 8.42. The van der Waals surface area contributed by atoms with Gasteiger partial charge in [-0.2, -0.15) is 5.10 Å². The van der Waals surface area contributed by atoms with E-state index >= 15 is 0 Å². The van der Waals surface area contributed by atoms with Crippen molar-refractivity contribution in [2.45, 2.75) is 59.0 Å². The van der Waals surface area contributed by atoms with Crippen molar-refractivity contribution in [3.05, 3.63) is 29.1 Å². The molecule has 0 fully saturated rings. The molecule has 1 N–H and O–H groups in total. The van der Waals surface area contributed by atoms with E-state index in [1.807, 2.05) is 19.9 Å². The van der Waals surface area contributed by atoms with Crippen LogP contribution in [0.15, 0.2) is 6.07 Å². The molecule has 7 nitrogen and oxygen atoms in total. The molecule has 0 aliphatic carbocycles. The summed E-state index contributed by atoms with van der Waals surface area (Å²) in [5.41, 5.74) is 1.50. The van der Waals surface area contributed by atoms with Crippen molar-refractivity contribution >= 4 is 5.91 Å². The van der Waals surface area contributed by atoms with Crippen molar-refractivity contribution in [3.8, 4) is 0 Å². The van der Waals surface area contributed by atoms with E-state index in [1.165, 1.54) is 12.8 Å². The van der Waals surface area contributed by atoms with Crippen LogP contribution in [0.25, 0.3) is 0 Å². The lowest BCUT2D eigenvalue weighted by Crippen LogP contribution is -2.27. The smallest absolute Gasteiger partial charge is 0.269 e. The summed E-state index contributed by atoms with van der Waals surface area (Å²) in [5, 5.41) is 15.8. The molecule has 23 heavy (non-hydrogen) atoms. The zero-order valence-electron chi connectivity index (χ0n) is 13.9. The first-order valence-electron chi connectivity index (χ1n) is 8.42. The van der Waals surface area contributed by atoms with Gasteiger partial charge in [0.15, 0.2) is 0 Å². The van der Waals surface area contributed by atoms with Gasteiger partial charge in [0.2, 0.25) is 0 Å². The fourth-order valence-corrected chi connectivity index (χ4v) is 3.06. The van der Waals surface area contributed by atoms with E-state index in [2.05, 4.69) is 25.2 Å². The van der Waals surface area contributed by atoms with Crippen molar-refractivity contribution in [1.29, 1.82) is 0 Å². The Hall–Kier alpha value is -2.18. The molecule has 1 aliphatic heterocycles. The molecule has 0 radical (unpaired) electrons. The second-order valence-corrected chi connectivity index (χ2v) is 5.99. The summed E-state index contributed by atoms with van der Waals surface area (Å²) < 4.78 is 3.97. The summed E-state index contributed by atoms with van der Waals surface area (Å²) in [7, 11) is 0. The predicted octanol–water partition coefficient (Wildman–Crippen LogP) is 1.50. The fraction of sp³-hybridized carbons (Fsp3) is 0.625. The number of carbonyl (C=O) groups excluding carboxylic acids is 1. The number of nitrogens with zero attached hydrogens (tertiary/aromatic N) is 5. The molecule has 0 saturated carbocycles. The van der Waals surface area contributed by atoms with Gasteiger partial charge < -0.3 is 9.88 Å². The largest absolute Gasteiger partial charge is 0.351 e. The molecule has 1 amide bonds. The number of carbonyl (C=O) groups is 1. The second-order valence-electron chi connectivity index (χ2n) is 5.99. The molecule has 0 aromatic carbocycles. The quantitative estimate of drug-likeness (QED) is 0.819. The van der Waals surface area contributed by atoms with Crippen molar-refractivity contribution in [2.75, 3.05) is 6.54 Å².